The molecule has 0 atom stereocenters. The summed E-state index contributed by atoms with van der Waals surface area (Å²) in [5.41, 5.74) is 6.38. The molecule has 2 heteroatoms. The number of nitrogens with zero attached hydrogens (tertiary/aromatic N) is 1. The van der Waals surface area contributed by atoms with E-state index in [9.17, 15) is 0 Å². The summed E-state index contributed by atoms with van der Waals surface area (Å²) in [4.78, 5) is 0. The Balaban J connectivity index is 2.20. The number of benzene rings is 2. The number of halogens is 1. The maximum atomic E-state index is 3.50. The number of para-hydroxylation sites is 1. The predicted octanol–water partition coefficient (Wildman–Crippen LogP) is 5.78. The average Bonchev–Trinajstić information content (AvgIpc) is 2.89. The molecule has 0 N–H and O–H groups in total. The molecule has 0 amide bonds. The third kappa shape index (κ3) is 2.68. The van der Waals surface area contributed by atoms with Gasteiger partial charge in [0.05, 0.1) is 5.69 Å². The van der Waals surface area contributed by atoms with Gasteiger partial charge in [-0.3, -0.25) is 0 Å². The molecule has 1 nitrogen and oxygen atoms in total. The van der Waals surface area contributed by atoms with Gasteiger partial charge in [0.1, 0.15) is 0 Å². The second-order valence-electron chi connectivity index (χ2n) is 5.18. The van der Waals surface area contributed by atoms with Crippen LogP contribution in [0.2, 0.25) is 0 Å². The molecule has 0 aliphatic carbocycles. The van der Waals surface area contributed by atoms with Gasteiger partial charge in [-0.15, -0.1) is 0 Å². The maximum Gasteiger partial charge on any atom is 0.0531 e. The van der Waals surface area contributed by atoms with Crippen molar-refractivity contribution in [3.8, 4) is 16.9 Å². The van der Waals surface area contributed by atoms with Crippen molar-refractivity contribution in [2.45, 2.75) is 20.3 Å². The van der Waals surface area contributed by atoms with Gasteiger partial charge in [-0.2, -0.15) is 0 Å². The Morgan fingerprint density at radius 3 is 2.33 bits per heavy atom. The molecule has 1 aromatic heterocycles. The molecule has 0 saturated heterocycles. The van der Waals surface area contributed by atoms with Crippen molar-refractivity contribution >= 4 is 15.9 Å². The zero-order chi connectivity index (χ0) is 14.8. The zero-order valence-electron chi connectivity index (χ0n) is 12.3. The quantitative estimate of drug-likeness (QED) is 0.570. The molecule has 21 heavy (non-hydrogen) atoms. The standard InChI is InChI=1S/C19H18BrN/c1-3-15-6-4-5-7-18(15)21-14(2)8-13-19(21)16-9-11-17(20)12-10-16/h4-13H,3H2,1-2H3. The summed E-state index contributed by atoms with van der Waals surface area (Å²) < 4.78 is 3.46. The van der Waals surface area contributed by atoms with Crippen LogP contribution in [0.3, 0.4) is 0 Å². The van der Waals surface area contributed by atoms with Gasteiger partial charge in [-0.1, -0.05) is 53.2 Å². The fraction of sp³-hybridized carbons (Fsp3) is 0.158. The number of aryl methyl sites for hydroxylation is 2. The summed E-state index contributed by atoms with van der Waals surface area (Å²) in [6.45, 7) is 4.37. The molecule has 0 spiro atoms. The highest BCUT2D eigenvalue weighted by molar-refractivity contribution is 9.10. The Morgan fingerprint density at radius 2 is 1.62 bits per heavy atom. The lowest BCUT2D eigenvalue weighted by atomic mass is 10.1. The van der Waals surface area contributed by atoms with E-state index in [1.165, 1.54) is 28.2 Å². The average molecular weight is 340 g/mol. The lowest BCUT2D eigenvalue weighted by Gasteiger charge is -2.15. The van der Waals surface area contributed by atoms with Crippen molar-refractivity contribution in [2.24, 2.45) is 0 Å². The minimum absolute atomic E-state index is 1.04. The molecule has 0 radical (unpaired) electrons. The smallest absolute Gasteiger partial charge is 0.0531 e. The van der Waals surface area contributed by atoms with E-state index < -0.39 is 0 Å². The van der Waals surface area contributed by atoms with Gasteiger partial charge in [0.25, 0.3) is 0 Å². The Labute approximate surface area is 134 Å². The molecule has 0 saturated carbocycles. The summed E-state index contributed by atoms with van der Waals surface area (Å²) in [7, 11) is 0. The van der Waals surface area contributed by atoms with Gasteiger partial charge in [0, 0.05) is 15.9 Å². The van der Waals surface area contributed by atoms with E-state index in [4.69, 9.17) is 0 Å². The van der Waals surface area contributed by atoms with E-state index >= 15 is 0 Å². The van der Waals surface area contributed by atoms with Crippen LogP contribution in [0.4, 0.5) is 0 Å². The first-order chi connectivity index (χ1) is 10.2. The third-order valence-electron chi connectivity index (χ3n) is 3.83. The molecule has 0 aliphatic heterocycles. The SMILES string of the molecule is CCc1ccccc1-n1c(C)ccc1-c1ccc(Br)cc1. The summed E-state index contributed by atoms with van der Waals surface area (Å²) >= 11 is 3.50. The summed E-state index contributed by atoms with van der Waals surface area (Å²) in [6, 6.07) is 21.5. The van der Waals surface area contributed by atoms with Crippen LogP contribution in [0.25, 0.3) is 16.9 Å². The van der Waals surface area contributed by atoms with Crippen LogP contribution in [0.1, 0.15) is 18.2 Å². The first-order valence-corrected chi connectivity index (χ1v) is 8.02. The van der Waals surface area contributed by atoms with Gasteiger partial charge in [0.2, 0.25) is 0 Å². The van der Waals surface area contributed by atoms with Crippen LogP contribution < -0.4 is 0 Å². The van der Waals surface area contributed by atoms with Crippen LogP contribution in [-0.4, -0.2) is 4.57 Å². The van der Waals surface area contributed by atoms with E-state index in [0.717, 1.165) is 10.9 Å². The van der Waals surface area contributed by atoms with Crippen molar-refractivity contribution < 1.29 is 0 Å². The lowest BCUT2D eigenvalue weighted by Crippen LogP contribution is -2.02. The highest BCUT2D eigenvalue weighted by atomic mass is 79.9. The molecule has 3 rings (SSSR count). The molecular weight excluding hydrogens is 322 g/mol. The minimum atomic E-state index is 1.04. The van der Waals surface area contributed by atoms with Crippen molar-refractivity contribution in [1.82, 2.24) is 4.57 Å². The highest BCUT2D eigenvalue weighted by Crippen LogP contribution is 2.29. The number of aromatic nitrogens is 1. The second kappa shape index (κ2) is 5.90. The first kappa shape index (κ1) is 14.2. The highest BCUT2D eigenvalue weighted by Gasteiger charge is 2.11. The molecule has 0 unspecified atom stereocenters. The fourth-order valence-corrected chi connectivity index (χ4v) is 3.00. The van der Waals surface area contributed by atoms with Crippen molar-refractivity contribution in [3.05, 3.63) is 76.4 Å². The van der Waals surface area contributed by atoms with Gasteiger partial charge in [0.15, 0.2) is 0 Å². The van der Waals surface area contributed by atoms with E-state index in [1.807, 2.05) is 0 Å². The molecule has 106 valence electrons. The molecule has 2 aromatic carbocycles. The summed E-state index contributed by atoms with van der Waals surface area (Å²) in [6.07, 6.45) is 1.04. The molecule has 1 heterocycles. The van der Waals surface area contributed by atoms with Crippen LogP contribution >= 0.6 is 15.9 Å². The molecule has 0 aliphatic rings. The van der Waals surface area contributed by atoms with Crippen LogP contribution in [-0.2, 0) is 6.42 Å². The van der Waals surface area contributed by atoms with Gasteiger partial charge in [-0.25, -0.2) is 0 Å². The third-order valence-corrected chi connectivity index (χ3v) is 4.36. The number of rotatable bonds is 3. The maximum absolute atomic E-state index is 3.50. The first-order valence-electron chi connectivity index (χ1n) is 7.23. The Bertz CT molecular complexity index is 753. The normalized spacial score (nSPS) is 10.8. The largest absolute Gasteiger partial charge is 0.314 e. The topological polar surface area (TPSA) is 4.93 Å². The molecule has 0 fully saturated rings. The number of hydrogen-bond donors (Lipinski definition) is 0. The van der Waals surface area contributed by atoms with E-state index in [0.29, 0.717) is 0 Å². The molecule has 0 bridgehead atoms. The van der Waals surface area contributed by atoms with E-state index in [2.05, 4.69) is 95.0 Å². The Kier molecular flexibility index (Phi) is 3.98. The molecular formula is C19H18BrN. The van der Waals surface area contributed by atoms with Crippen LogP contribution in [0, 0.1) is 6.92 Å². The monoisotopic (exact) mass is 339 g/mol. The van der Waals surface area contributed by atoms with Crippen LogP contribution in [0.15, 0.2) is 65.1 Å². The van der Waals surface area contributed by atoms with Crippen molar-refractivity contribution in [2.75, 3.05) is 0 Å². The summed E-state index contributed by atoms with van der Waals surface area (Å²) in [5, 5.41) is 0. The van der Waals surface area contributed by atoms with Gasteiger partial charge in [-0.05, 0) is 54.8 Å². The minimum Gasteiger partial charge on any atom is -0.314 e. The number of hydrogen-bond acceptors (Lipinski definition) is 0. The van der Waals surface area contributed by atoms with Crippen LogP contribution in [0.5, 0.6) is 0 Å². The molecule has 3 aromatic rings. The lowest BCUT2D eigenvalue weighted by molar-refractivity contribution is 0.981. The zero-order valence-corrected chi connectivity index (χ0v) is 13.9. The van der Waals surface area contributed by atoms with Gasteiger partial charge < -0.3 is 4.57 Å². The predicted molar refractivity (Wildman–Crippen MR) is 93.0 cm³/mol. The summed E-state index contributed by atoms with van der Waals surface area (Å²) in [5.74, 6) is 0. The van der Waals surface area contributed by atoms with E-state index in [1.54, 1.807) is 0 Å². The van der Waals surface area contributed by atoms with Crippen molar-refractivity contribution in [3.63, 3.8) is 0 Å². The Morgan fingerprint density at radius 1 is 0.905 bits per heavy atom. The van der Waals surface area contributed by atoms with Crippen molar-refractivity contribution in [1.29, 1.82) is 0 Å². The second-order valence-corrected chi connectivity index (χ2v) is 6.10. The van der Waals surface area contributed by atoms with E-state index in [-0.39, 0.29) is 0 Å². The van der Waals surface area contributed by atoms with Gasteiger partial charge >= 0.3 is 0 Å². The fourth-order valence-electron chi connectivity index (χ4n) is 2.73. The Hall–Kier alpha value is -1.80.